The highest BCUT2D eigenvalue weighted by Crippen LogP contribution is 2.45. The number of phosphoric acid groups is 2. The number of aliphatic hydroxyl groups excluding tert-OH is 2. The Labute approximate surface area is 727 Å². The summed E-state index contributed by atoms with van der Waals surface area (Å²) in [6, 6.07) is 0. The maximum absolute atomic E-state index is 13.1. The highest BCUT2D eigenvalue weighted by molar-refractivity contribution is 7.47. The fraction of sp³-hybridized carbons (Fsp3) is 0.713. The van der Waals surface area contributed by atoms with Crippen molar-refractivity contribution in [2.45, 2.75) is 424 Å². The molecule has 4 N–H and O–H groups in total. The smallest absolute Gasteiger partial charge is 0.463 e. The van der Waals surface area contributed by atoms with Crippen molar-refractivity contribution in [3.63, 3.8) is 0 Å². The molecule has 0 heterocycles. The second kappa shape index (κ2) is 92.4. The number of ether oxygens (including phenoxy) is 3. The molecule has 0 spiro atoms. The van der Waals surface area contributed by atoms with Gasteiger partial charge < -0.3 is 34.2 Å². The number of aliphatic hydroxyl groups is 2. The number of allylic oxidation sites excluding steroid dienone is 26. The maximum Gasteiger partial charge on any atom is 0.472 e. The van der Waals surface area contributed by atoms with Gasteiger partial charge in [-0.15, -0.1) is 0 Å². The average Bonchev–Trinajstić information content (AvgIpc) is 0.903. The van der Waals surface area contributed by atoms with E-state index in [-0.39, 0.29) is 19.3 Å². The summed E-state index contributed by atoms with van der Waals surface area (Å²) >= 11 is 0. The number of carbonyl (C=O) groups excluding carboxylic acids is 3. The van der Waals surface area contributed by atoms with Gasteiger partial charge in [0.15, 0.2) is 6.10 Å². The Bertz CT molecular complexity index is 2790. The lowest BCUT2D eigenvalue weighted by atomic mass is 10.0. The summed E-state index contributed by atoms with van der Waals surface area (Å²) in [4.78, 5) is 59.0. The van der Waals surface area contributed by atoms with Gasteiger partial charge in [0, 0.05) is 19.3 Å². The molecule has 0 fully saturated rings. The molecule has 0 rings (SSSR count). The summed E-state index contributed by atoms with van der Waals surface area (Å²) in [7, 11) is -9.82. The standard InChI is InChI=1S/C101H174O16P2/c1-4-7-10-13-16-19-22-25-28-31-34-37-39-41-43-44-45-46-47-48-49-50-52-54-55-58-60-63-66-69-72-75-78-81-84-87-99(104)111-90-96(102)91-113-118(107,108)114-92-97(103)93-115-119(109,110)116-95-98(117-101(106)89-86-83-80-77-74-71-68-65-62-57-36-33-30-27-24-21-18-15-12-9-6-3)94-112-100(105)88-85-82-79-76-73-70-67-64-61-59-56-53-51-42-40-38-35-32-29-26-23-20-17-14-11-8-5-2/h8,11,16-21,25-30,34-38,41-43,51,57,65,68,96-98,102-103H,4-7,9-10,12-15,22-24,31-33,39-40,44-50,52-56,58-64,66-67,69-95H2,1-3H3,(H,107,108)(H,109,110)/b11-8-,19-16-,20-17-,21-18-,28-25-,29-26-,30-27-,37-34-,38-35-,43-41-,51-42-,57-36-,68-65-. The largest absolute Gasteiger partial charge is 0.472 e. The minimum atomic E-state index is -4.95. The molecule has 16 nitrogen and oxygen atoms in total. The Morgan fingerprint density at radius 2 is 0.445 bits per heavy atom. The van der Waals surface area contributed by atoms with Crippen molar-refractivity contribution in [1.29, 1.82) is 0 Å². The molecule has 0 radical (unpaired) electrons. The van der Waals surface area contributed by atoms with Gasteiger partial charge >= 0.3 is 33.6 Å². The lowest BCUT2D eigenvalue weighted by molar-refractivity contribution is -0.161. The van der Waals surface area contributed by atoms with Crippen LogP contribution < -0.4 is 0 Å². The van der Waals surface area contributed by atoms with Crippen molar-refractivity contribution >= 4 is 33.6 Å². The van der Waals surface area contributed by atoms with Crippen LogP contribution in [-0.4, -0.2) is 95.9 Å². The second-order valence-electron chi connectivity index (χ2n) is 31.8. The first-order chi connectivity index (χ1) is 58.2. The first-order valence-corrected chi connectivity index (χ1v) is 50.8. The zero-order chi connectivity index (χ0) is 86.5. The predicted molar refractivity (Wildman–Crippen MR) is 500 cm³/mol. The molecule has 0 amide bonds. The van der Waals surface area contributed by atoms with E-state index in [0.29, 0.717) is 19.3 Å². The first kappa shape index (κ1) is 114. The van der Waals surface area contributed by atoms with Crippen molar-refractivity contribution in [2.75, 3.05) is 39.6 Å². The summed E-state index contributed by atoms with van der Waals surface area (Å²) in [5, 5.41) is 20.8. The van der Waals surface area contributed by atoms with Gasteiger partial charge in [-0.25, -0.2) is 9.13 Å². The number of esters is 3. The molecule has 5 atom stereocenters. The summed E-state index contributed by atoms with van der Waals surface area (Å²) in [6.45, 7) is 2.54. The summed E-state index contributed by atoms with van der Waals surface area (Å²) in [5.74, 6) is -1.59. The number of phosphoric ester groups is 2. The lowest BCUT2D eigenvalue weighted by Gasteiger charge is -2.21. The molecule has 18 heteroatoms. The molecule has 0 aromatic heterocycles. The van der Waals surface area contributed by atoms with Crippen LogP contribution in [0.3, 0.4) is 0 Å². The summed E-state index contributed by atoms with van der Waals surface area (Å²) < 4.78 is 61.5. The zero-order valence-corrected chi connectivity index (χ0v) is 77.3. The van der Waals surface area contributed by atoms with Crippen LogP contribution in [0.15, 0.2) is 158 Å². The Hall–Kier alpha value is -4.83. The van der Waals surface area contributed by atoms with Gasteiger partial charge in [-0.2, -0.15) is 0 Å². The van der Waals surface area contributed by atoms with Crippen LogP contribution in [0.5, 0.6) is 0 Å². The molecular formula is C101H174O16P2. The van der Waals surface area contributed by atoms with Crippen molar-refractivity contribution < 1.29 is 75.8 Å². The van der Waals surface area contributed by atoms with E-state index >= 15 is 0 Å². The summed E-state index contributed by atoms with van der Waals surface area (Å²) in [6.07, 6.45) is 119. The van der Waals surface area contributed by atoms with Crippen LogP contribution in [0.25, 0.3) is 0 Å². The fourth-order valence-electron chi connectivity index (χ4n) is 13.0. The van der Waals surface area contributed by atoms with Crippen molar-refractivity contribution in [2.24, 2.45) is 0 Å². The van der Waals surface area contributed by atoms with E-state index in [1.807, 2.05) is 0 Å². The van der Waals surface area contributed by atoms with E-state index in [1.54, 1.807) is 0 Å². The first-order valence-electron chi connectivity index (χ1n) is 47.8. The van der Waals surface area contributed by atoms with Gasteiger partial charge in [-0.05, 0) is 154 Å². The predicted octanol–water partition coefficient (Wildman–Crippen LogP) is 29.7. The van der Waals surface area contributed by atoms with E-state index in [2.05, 4.69) is 179 Å². The van der Waals surface area contributed by atoms with E-state index in [9.17, 15) is 43.5 Å². The Balaban J connectivity index is 4.54. The number of carbonyl (C=O) groups is 3. The number of hydrogen-bond donors (Lipinski definition) is 4. The maximum atomic E-state index is 13.1. The van der Waals surface area contributed by atoms with Crippen LogP contribution in [0.2, 0.25) is 0 Å². The van der Waals surface area contributed by atoms with Crippen molar-refractivity contribution in [3.8, 4) is 0 Å². The second-order valence-corrected chi connectivity index (χ2v) is 34.7. The zero-order valence-electron chi connectivity index (χ0n) is 75.5. The molecule has 119 heavy (non-hydrogen) atoms. The van der Waals surface area contributed by atoms with E-state index in [4.69, 9.17) is 32.3 Å². The van der Waals surface area contributed by atoms with E-state index in [1.165, 1.54) is 186 Å². The van der Waals surface area contributed by atoms with Crippen LogP contribution in [-0.2, 0) is 55.8 Å². The molecule has 0 aromatic carbocycles. The van der Waals surface area contributed by atoms with Gasteiger partial charge in [0.25, 0.3) is 0 Å². The van der Waals surface area contributed by atoms with E-state index < -0.39 is 91.5 Å². The van der Waals surface area contributed by atoms with Crippen LogP contribution in [0.1, 0.15) is 406 Å². The van der Waals surface area contributed by atoms with Crippen LogP contribution >= 0.6 is 15.6 Å². The Kier molecular flexibility index (Phi) is 88.6. The molecule has 5 unspecified atom stereocenters. The summed E-state index contributed by atoms with van der Waals surface area (Å²) in [5.41, 5.74) is 0. The molecule has 0 aliphatic rings. The van der Waals surface area contributed by atoms with E-state index in [0.717, 1.165) is 161 Å². The third-order valence-electron chi connectivity index (χ3n) is 20.2. The van der Waals surface area contributed by atoms with Crippen LogP contribution in [0, 0.1) is 0 Å². The highest BCUT2D eigenvalue weighted by Gasteiger charge is 2.30. The van der Waals surface area contributed by atoms with Gasteiger partial charge in [0.1, 0.15) is 25.4 Å². The third-order valence-corrected chi connectivity index (χ3v) is 22.1. The molecule has 0 saturated heterocycles. The monoisotopic (exact) mass is 1710 g/mol. The number of hydrogen-bond acceptors (Lipinski definition) is 14. The molecule has 0 aliphatic heterocycles. The molecule has 0 bridgehead atoms. The lowest BCUT2D eigenvalue weighted by Crippen LogP contribution is -2.30. The van der Waals surface area contributed by atoms with Crippen molar-refractivity contribution in [3.05, 3.63) is 158 Å². The molecular weight excluding hydrogens is 1530 g/mol. The van der Waals surface area contributed by atoms with Gasteiger partial charge in [-0.1, -0.05) is 391 Å². The van der Waals surface area contributed by atoms with Crippen molar-refractivity contribution in [1.82, 2.24) is 0 Å². The SMILES string of the molecule is CC/C=C\C/C=C\C/C=C\C/C=C\C/C=C\CCCCCCCCCCCCCC(=O)OCC(COP(=O)(O)OCC(O)COP(=O)(O)OCC(O)COC(=O)CCCCCCCCCCCCCCCCCCCCC/C=C\C/C=C\C/C=C\C/C=C\CCCCC)OC(=O)CCCCCCC/C=C\C/C=C\C/C=C\C/C=C\CCCCC. The Morgan fingerprint density at radius 1 is 0.244 bits per heavy atom. The Morgan fingerprint density at radius 3 is 0.706 bits per heavy atom. The fourth-order valence-corrected chi connectivity index (χ4v) is 14.6. The molecule has 0 aliphatic carbocycles. The average molecular weight is 1710 g/mol. The van der Waals surface area contributed by atoms with Gasteiger partial charge in [-0.3, -0.25) is 32.5 Å². The number of rotatable bonds is 90. The van der Waals surface area contributed by atoms with Gasteiger partial charge in [0.05, 0.1) is 26.4 Å². The minimum absolute atomic E-state index is 0.0796. The minimum Gasteiger partial charge on any atom is -0.463 e. The third kappa shape index (κ3) is 93.7. The normalized spacial score (nSPS) is 14.4. The van der Waals surface area contributed by atoms with Crippen LogP contribution in [0.4, 0.5) is 0 Å². The molecule has 0 saturated carbocycles. The molecule has 0 aromatic rings. The quantitative estimate of drug-likeness (QED) is 0.0146. The highest BCUT2D eigenvalue weighted by atomic mass is 31.2. The topological polar surface area (TPSA) is 231 Å². The molecule has 684 valence electrons. The van der Waals surface area contributed by atoms with Gasteiger partial charge in [0.2, 0.25) is 0 Å². The number of unbranched alkanes of at least 4 members (excludes halogenated alkanes) is 41.